The Kier molecular flexibility index (Phi) is 4.99. The molecule has 1 aromatic carbocycles. The number of hydrogen-bond acceptors (Lipinski definition) is 8. The number of nitro benzene ring substituents is 1. The van der Waals surface area contributed by atoms with Crippen LogP contribution in [0.15, 0.2) is 64.1 Å². The minimum atomic E-state index is -3.96. The lowest BCUT2D eigenvalue weighted by atomic mass is 10.3. The van der Waals surface area contributed by atoms with E-state index in [1.807, 2.05) is 4.90 Å². The lowest BCUT2D eigenvalue weighted by molar-refractivity contribution is -0.387. The van der Waals surface area contributed by atoms with Crippen molar-refractivity contribution in [1.29, 1.82) is 0 Å². The van der Waals surface area contributed by atoms with Crippen LogP contribution in [0.1, 0.15) is 0 Å². The lowest BCUT2D eigenvalue weighted by Gasteiger charge is -2.34. The van der Waals surface area contributed by atoms with Crippen molar-refractivity contribution in [3.63, 3.8) is 0 Å². The van der Waals surface area contributed by atoms with E-state index in [-0.39, 0.29) is 18.0 Å². The summed E-state index contributed by atoms with van der Waals surface area (Å²) in [4.78, 5) is 12.1. The van der Waals surface area contributed by atoms with Crippen LogP contribution < -0.4 is 4.90 Å². The third-order valence-corrected chi connectivity index (χ3v) is 6.61. The zero-order valence-electron chi connectivity index (χ0n) is 15.2. The second-order valence-corrected chi connectivity index (χ2v) is 8.28. The predicted molar refractivity (Wildman–Crippen MR) is 104 cm³/mol. The lowest BCUT2D eigenvalue weighted by Crippen LogP contribution is -2.49. The number of nitro groups is 1. The van der Waals surface area contributed by atoms with Gasteiger partial charge in [0, 0.05) is 32.2 Å². The molecule has 0 radical (unpaired) electrons. The van der Waals surface area contributed by atoms with Gasteiger partial charge in [-0.3, -0.25) is 10.1 Å². The highest BCUT2D eigenvalue weighted by Crippen LogP contribution is 2.27. The molecular formula is C18H17N5O5S. The Hall–Kier alpha value is -3.31. The summed E-state index contributed by atoms with van der Waals surface area (Å²) in [5.74, 6) is 1.24. The van der Waals surface area contributed by atoms with E-state index in [0.717, 1.165) is 0 Å². The predicted octanol–water partition coefficient (Wildman–Crippen LogP) is 2.16. The Morgan fingerprint density at radius 1 is 0.966 bits per heavy atom. The molecule has 1 saturated heterocycles. The van der Waals surface area contributed by atoms with Crippen LogP contribution in [0.3, 0.4) is 0 Å². The molecule has 2 aromatic heterocycles. The van der Waals surface area contributed by atoms with E-state index in [1.165, 1.54) is 28.6 Å². The van der Waals surface area contributed by atoms with Gasteiger partial charge in [-0.2, -0.15) is 4.31 Å². The first kappa shape index (κ1) is 19.0. The Labute approximate surface area is 166 Å². The number of nitrogens with zero attached hydrogens (tertiary/aromatic N) is 5. The van der Waals surface area contributed by atoms with Crippen LogP contribution >= 0.6 is 0 Å². The quantitative estimate of drug-likeness (QED) is 0.459. The van der Waals surface area contributed by atoms with Gasteiger partial charge in [-0.15, -0.1) is 10.2 Å². The van der Waals surface area contributed by atoms with Gasteiger partial charge < -0.3 is 9.32 Å². The number of sulfonamides is 1. The van der Waals surface area contributed by atoms with Crippen molar-refractivity contribution in [1.82, 2.24) is 14.5 Å². The van der Waals surface area contributed by atoms with E-state index in [4.69, 9.17) is 4.42 Å². The van der Waals surface area contributed by atoms with Gasteiger partial charge in [0.2, 0.25) is 10.0 Å². The molecule has 0 saturated carbocycles. The topological polar surface area (TPSA) is 123 Å². The average Bonchev–Trinajstić information content (AvgIpc) is 3.29. The fourth-order valence-electron chi connectivity index (χ4n) is 3.17. The Bertz CT molecular complexity index is 1110. The summed E-state index contributed by atoms with van der Waals surface area (Å²) in [6.07, 6.45) is 1.56. The van der Waals surface area contributed by atoms with Gasteiger partial charge in [-0.05, 0) is 30.3 Å². The third-order valence-electron chi connectivity index (χ3n) is 4.67. The standard InChI is InChI=1S/C18H17N5O5S/c24-23(25)15-4-1-2-6-17(15)29(26,27)22-11-9-21(10-12-22)18-8-7-14(19-20-18)16-5-3-13-28-16/h1-8,13H,9-12H2. The smallest absolute Gasteiger partial charge is 0.289 e. The summed E-state index contributed by atoms with van der Waals surface area (Å²) in [6, 6.07) is 12.5. The van der Waals surface area contributed by atoms with Gasteiger partial charge in [0.15, 0.2) is 16.5 Å². The highest BCUT2D eigenvalue weighted by atomic mass is 32.2. The number of rotatable bonds is 5. The van der Waals surface area contributed by atoms with Gasteiger partial charge in [0.05, 0.1) is 11.2 Å². The summed E-state index contributed by atoms with van der Waals surface area (Å²) >= 11 is 0. The third kappa shape index (κ3) is 3.69. The molecule has 1 aliphatic rings. The van der Waals surface area contributed by atoms with Crippen molar-refractivity contribution in [2.45, 2.75) is 4.90 Å². The van der Waals surface area contributed by atoms with E-state index in [0.29, 0.717) is 30.4 Å². The minimum Gasteiger partial charge on any atom is -0.463 e. The average molecular weight is 415 g/mol. The number of piperazine rings is 1. The van der Waals surface area contributed by atoms with Crippen molar-refractivity contribution in [2.75, 3.05) is 31.1 Å². The summed E-state index contributed by atoms with van der Waals surface area (Å²) in [5, 5.41) is 19.5. The molecule has 1 aliphatic heterocycles. The summed E-state index contributed by atoms with van der Waals surface area (Å²) in [7, 11) is -3.96. The monoisotopic (exact) mass is 415 g/mol. The highest BCUT2D eigenvalue weighted by molar-refractivity contribution is 7.89. The maximum atomic E-state index is 12.9. The van der Waals surface area contributed by atoms with Gasteiger partial charge in [0.1, 0.15) is 5.69 Å². The molecule has 0 spiro atoms. The molecule has 11 heteroatoms. The molecule has 29 heavy (non-hydrogen) atoms. The molecule has 10 nitrogen and oxygen atoms in total. The van der Waals surface area contributed by atoms with Crippen LogP contribution in [-0.2, 0) is 10.0 Å². The van der Waals surface area contributed by atoms with Crippen LogP contribution in [0.2, 0.25) is 0 Å². The van der Waals surface area contributed by atoms with Gasteiger partial charge in [-0.1, -0.05) is 12.1 Å². The molecule has 0 atom stereocenters. The molecule has 4 rings (SSSR count). The summed E-state index contributed by atoms with van der Waals surface area (Å²) < 4.78 is 32.3. The molecule has 3 heterocycles. The van der Waals surface area contributed by atoms with E-state index in [2.05, 4.69) is 10.2 Å². The van der Waals surface area contributed by atoms with Crippen LogP contribution in [0.4, 0.5) is 11.5 Å². The molecule has 0 aliphatic carbocycles. The zero-order valence-corrected chi connectivity index (χ0v) is 16.0. The van der Waals surface area contributed by atoms with E-state index >= 15 is 0 Å². The molecule has 0 N–H and O–H groups in total. The number of hydrogen-bond donors (Lipinski definition) is 0. The van der Waals surface area contributed by atoms with E-state index in [1.54, 1.807) is 30.5 Å². The highest BCUT2D eigenvalue weighted by Gasteiger charge is 2.33. The first-order chi connectivity index (χ1) is 14.0. The molecule has 0 amide bonds. The second kappa shape index (κ2) is 7.60. The van der Waals surface area contributed by atoms with E-state index < -0.39 is 20.6 Å². The molecular weight excluding hydrogens is 398 g/mol. The van der Waals surface area contributed by atoms with Crippen molar-refractivity contribution in [2.24, 2.45) is 0 Å². The second-order valence-electron chi connectivity index (χ2n) is 6.37. The normalized spacial score (nSPS) is 15.4. The fourth-order valence-corrected chi connectivity index (χ4v) is 4.75. The molecule has 150 valence electrons. The van der Waals surface area contributed by atoms with Crippen LogP contribution in [0.5, 0.6) is 0 Å². The maximum Gasteiger partial charge on any atom is 0.289 e. The molecule has 0 bridgehead atoms. The van der Waals surface area contributed by atoms with Crippen molar-refractivity contribution in [3.05, 3.63) is 64.9 Å². The van der Waals surface area contributed by atoms with Gasteiger partial charge in [-0.25, -0.2) is 8.42 Å². The molecule has 0 unspecified atom stereocenters. The van der Waals surface area contributed by atoms with E-state index in [9.17, 15) is 18.5 Å². The summed E-state index contributed by atoms with van der Waals surface area (Å²) in [6.45, 7) is 1.18. The first-order valence-electron chi connectivity index (χ1n) is 8.83. The largest absolute Gasteiger partial charge is 0.463 e. The Morgan fingerprint density at radius 2 is 1.72 bits per heavy atom. The van der Waals surface area contributed by atoms with Gasteiger partial charge in [0.25, 0.3) is 5.69 Å². The zero-order chi connectivity index (χ0) is 20.4. The first-order valence-corrected chi connectivity index (χ1v) is 10.3. The molecule has 1 fully saturated rings. The van der Waals surface area contributed by atoms with Crippen molar-refractivity contribution < 1.29 is 17.8 Å². The minimum absolute atomic E-state index is 0.190. The number of furan rings is 1. The number of para-hydroxylation sites is 1. The maximum absolute atomic E-state index is 12.9. The number of aromatic nitrogens is 2. The number of benzene rings is 1. The number of anilines is 1. The summed E-state index contributed by atoms with van der Waals surface area (Å²) in [5.41, 5.74) is 0.186. The Morgan fingerprint density at radius 3 is 2.34 bits per heavy atom. The van der Waals surface area contributed by atoms with Crippen LogP contribution in [-0.4, -0.2) is 54.0 Å². The van der Waals surface area contributed by atoms with Crippen LogP contribution in [0.25, 0.3) is 11.5 Å². The van der Waals surface area contributed by atoms with Crippen molar-refractivity contribution >= 4 is 21.5 Å². The van der Waals surface area contributed by atoms with Gasteiger partial charge >= 0.3 is 0 Å². The van der Waals surface area contributed by atoms with Crippen LogP contribution in [0, 0.1) is 10.1 Å². The fraction of sp³-hybridized carbons (Fsp3) is 0.222. The van der Waals surface area contributed by atoms with Crippen molar-refractivity contribution in [3.8, 4) is 11.5 Å². The SMILES string of the molecule is O=[N+]([O-])c1ccccc1S(=O)(=O)N1CCN(c2ccc(-c3ccco3)nn2)CC1. The molecule has 3 aromatic rings. The Balaban J connectivity index is 1.47.